The van der Waals surface area contributed by atoms with Crippen molar-refractivity contribution in [2.75, 3.05) is 7.11 Å². The molecule has 0 saturated carbocycles. The zero-order valence-corrected chi connectivity index (χ0v) is 15.2. The molecule has 0 bridgehead atoms. The van der Waals surface area contributed by atoms with Crippen molar-refractivity contribution in [3.8, 4) is 0 Å². The molecule has 0 fully saturated rings. The highest BCUT2D eigenvalue weighted by Crippen LogP contribution is 2.18. The standard InChI is InChI=1S/C17H17ClFNO4S/c1-11-3-8-14(19)10-16(11)25(22,23)20-15(17(21)24-2)9-12-4-6-13(18)7-5-12/h3-8,10,15,20H,9H2,1-2H3. The second-order valence-electron chi connectivity index (χ2n) is 5.44. The number of halogens is 2. The van der Waals surface area contributed by atoms with Crippen LogP contribution in [0.5, 0.6) is 0 Å². The van der Waals surface area contributed by atoms with Gasteiger partial charge in [-0.05, 0) is 48.7 Å². The fraction of sp³-hybridized carbons (Fsp3) is 0.235. The number of aryl methyl sites for hydroxylation is 1. The van der Waals surface area contributed by atoms with Gasteiger partial charge in [-0.1, -0.05) is 29.8 Å². The first-order chi connectivity index (χ1) is 11.7. The highest BCUT2D eigenvalue weighted by atomic mass is 35.5. The van der Waals surface area contributed by atoms with Crippen molar-refractivity contribution in [3.05, 3.63) is 64.4 Å². The van der Waals surface area contributed by atoms with Gasteiger partial charge in [0.2, 0.25) is 10.0 Å². The Morgan fingerprint density at radius 1 is 1.24 bits per heavy atom. The van der Waals surface area contributed by atoms with Gasteiger partial charge in [0, 0.05) is 5.02 Å². The van der Waals surface area contributed by atoms with Crippen molar-refractivity contribution in [2.24, 2.45) is 0 Å². The van der Waals surface area contributed by atoms with Gasteiger partial charge in [-0.2, -0.15) is 4.72 Å². The molecule has 0 radical (unpaired) electrons. The normalized spacial score (nSPS) is 12.6. The van der Waals surface area contributed by atoms with Gasteiger partial charge in [-0.3, -0.25) is 4.79 Å². The summed E-state index contributed by atoms with van der Waals surface area (Å²) in [5.41, 5.74) is 1.06. The van der Waals surface area contributed by atoms with Gasteiger partial charge in [-0.15, -0.1) is 0 Å². The van der Waals surface area contributed by atoms with Crippen molar-refractivity contribution in [1.82, 2.24) is 4.72 Å². The van der Waals surface area contributed by atoms with Gasteiger partial charge in [0.1, 0.15) is 11.9 Å². The van der Waals surface area contributed by atoms with Crippen molar-refractivity contribution < 1.29 is 22.3 Å². The van der Waals surface area contributed by atoms with Gasteiger partial charge in [0.15, 0.2) is 0 Å². The third-order valence-corrected chi connectivity index (χ3v) is 5.44. The largest absolute Gasteiger partial charge is 0.468 e. The molecule has 5 nitrogen and oxygen atoms in total. The summed E-state index contributed by atoms with van der Waals surface area (Å²) in [5.74, 6) is -1.43. The fourth-order valence-corrected chi connectivity index (χ4v) is 3.85. The molecule has 1 atom stereocenters. The van der Waals surface area contributed by atoms with Gasteiger partial charge in [0.05, 0.1) is 12.0 Å². The molecule has 0 amide bonds. The van der Waals surface area contributed by atoms with Crippen LogP contribution in [0, 0.1) is 12.7 Å². The second-order valence-corrected chi connectivity index (χ2v) is 7.56. The number of nitrogens with one attached hydrogen (secondary N) is 1. The second kappa shape index (κ2) is 7.95. The van der Waals surface area contributed by atoms with E-state index in [1.165, 1.54) is 19.2 Å². The molecule has 1 unspecified atom stereocenters. The molecule has 2 aromatic carbocycles. The van der Waals surface area contributed by atoms with E-state index in [9.17, 15) is 17.6 Å². The number of ether oxygens (including phenoxy) is 1. The summed E-state index contributed by atoms with van der Waals surface area (Å²) in [5, 5.41) is 0.523. The quantitative estimate of drug-likeness (QED) is 0.776. The molecule has 2 rings (SSSR count). The summed E-state index contributed by atoms with van der Waals surface area (Å²) in [7, 11) is -2.95. The number of benzene rings is 2. The number of esters is 1. The predicted octanol–water partition coefficient (Wildman–Crippen LogP) is 2.85. The smallest absolute Gasteiger partial charge is 0.324 e. The molecule has 0 heterocycles. The van der Waals surface area contributed by atoms with Crippen LogP contribution in [-0.2, 0) is 26.0 Å². The van der Waals surface area contributed by atoms with Crippen LogP contribution in [0.4, 0.5) is 4.39 Å². The Morgan fingerprint density at radius 3 is 2.48 bits per heavy atom. The molecule has 1 N–H and O–H groups in total. The first-order valence-corrected chi connectivity index (χ1v) is 9.20. The first-order valence-electron chi connectivity index (χ1n) is 7.33. The SMILES string of the molecule is COC(=O)C(Cc1ccc(Cl)cc1)NS(=O)(=O)c1cc(F)ccc1C. The lowest BCUT2D eigenvalue weighted by atomic mass is 10.1. The van der Waals surface area contributed by atoms with E-state index in [0.29, 0.717) is 16.1 Å². The molecular formula is C17H17ClFNO4S. The lowest BCUT2D eigenvalue weighted by Crippen LogP contribution is -2.43. The molecule has 8 heteroatoms. The lowest BCUT2D eigenvalue weighted by molar-refractivity contribution is -0.142. The third-order valence-electron chi connectivity index (χ3n) is 3.58. The Balaban J connectivity index is 2.31. The van der Waals surface area contributed by atoms with Crippen LogP contribution in [0.2, 0.25) is 5.02 Å². The highest BCUT2D eigenvalue weighted by molar-refractivity contribution is 7.89. The molecule has 0 aliphatic rings. The van der Waals surface area contributed by atoms with Crippen LogP contribution in [0.25, 0.3) is 0 Å². The maximum Gasteiger partial charge on any atom is 0.324 e. The average Bonchev–Trinajstić information content (AvgIpc) is 2.57. The number of methoxy groups -OCH3 is 1. The Hall–Kier alpha value is -1.96. The molecule has 0 aliphatic heterocycles. The van der Waals surface area contributed by atoms with Gasteiger partial charge < -0.3 is 4.74 Å². The van der Waals surface area contributed by atoms with Crippen LogP contribution in [0.3, 0.4) is 0 Å². The monoisotopic (exact) mass is 385 g/mol. The Bertz CT molecular complexity index is 869. The van der Waals surface area contributed by atoms with Crippen molar-refractivity contribution in [3.63, 3.8) is 0 Å². The van der Waals surface area contributed by atoms with Crippen molar-refractivity contribution in [2.45, 2.75) is 24.3 Å². The summed E-state index contributed by atoms with van der Waals surface area (Å²) in [6.07, 6.45) is 0.0669. The zero-order valence-electron chi connectivity index (χ0n) is 13.6. The number of carbonyl (C=O) groups excluding carboxylic acids is 1. The highest BCUT2D eigenvalue weighted by Gasteiger charge is 2.28. The minimum atomic E-state index is -4.11. The molecule has 0 saturated heterocycles. The fourth-order valence-electron chi connectivity index (χ4n) is 2.29. The third kappa shape index (κ3) is 5.01. The summed E-state index contributed by atoms with van der Waals surface area (Å²) < 4.78 is 45.5. The summed E-state index contributed by atoms with van der Waals surface area (Å²) in [4.78, 5) is 11.8. The molecule has 25 heavy (non-hydrogen) atoms. The average molecular weight is 386 g/mol. The summed E-state index contributed by atoms with van der Waals surface area (Å²) >= 11 is 5.82. The summed E-state index contributed by atoms with van der Waals surface area (Å²) in [6.45, 7) is 1.54. The number of rotatable bonds is 6. The van der Waals surface area contributed by atoms with Crippen LogP contribution in [0.1, 0.15) is 11.1 Å². The van der Waals surface area contributed by atoms with Gasteiger partial charge in [-0.25, -0.2) is 12.8 Å². The molecule has 0 aromatic heterocycles. The van der Waals surface area contributed by atoms with Crippen molar-refractivity contribution >= 4 is 27.6 Å². The number of hydrogen-bond acceptors (Lipinski definition) is 4. The van der Waals surface area contributed by atoms with Crippen LogP contribution in [0.15, 0.2) is 47.4 Å². The lowest BCUT2D eigenvalue weighted by Gasteiger charge is -2.18. The Labute approximate surface area is 150 Å². The number of carbonyl (C=O) groups is 1. The van der Waals surface area contributed by atoms with Gasteiger partial charge in [0.25, 0.3) is 0 Å². The van der Waals surface area contributed by atoms with E-state index in [0.717, 1.165) is 6.07 Å². The number of sulfonamides is 1. The van der Waals surface area contributed by atoms with E-state index in [1.54, 1.807) is 31.2 Å². The van der Waals surface area contributed by atoms with E-state index >= 15 is 0 Å². The van der Waals surface area contributed by atoms with Crippen LogP contribution < -0.4 is 4.72 Å². The van der Waals surface area contributed by atoms with E-state index < -0.39 is 27.9 Å². The topological polar surface area (TPSA) is 72.5 Å². The number of hydrogen-bond donors (Lipinski definition) is 1. The molecular weight excluding hydrogens is 369 g/mol. The maximum absolute atomic E-state index is 13.4. The minimum Gasteiger partial charge on any atom is -0.468 e. The first kappa shape index (κ1) is 19.4. The van der Waals surface area contributed by atoms with Crippen molar-refractivity contribution in [1.29, 1.82) is 0 Å². The molecule has 0 spiro atoms. The van der Waals surface area contributed by atoms with Gasteiger partial charge >= 0.3 is 5.97 Å². The minimum absolute atomic E-state index is 0.0669. The summed E-state index contributed by atoms with van der Waals surface area (Å²) in [6, 6.07) is 8.91. The molecule has 2 aromatic rings. The van der Waals surface area contributed by atoms with E-state index in [-0.39, 0.29) is 11.3 Å². The van der Waals surface area contributed by atoms with E-state index in [4.69, 9.17) is 11.6 Å². The van der Waals surface area contributed by atoms with E-state index in [1.807, 2.05) is 0 Å². The Morgan fingerprint density at radius 2 is 1.88 bits per heavy atom. The predicted molar refractivity (Wildman–Crippen MR) is 92.4 cm³/mol. The maximum atomic E-state index is 13.4. The molecule has 134 valence electrons. The van der Waals surface area contributed by atoms with E-state index in [2.05, 4.69) is 9.46 Å². The van der Waals surface area contributed by atoms with Crippen LogP contribution >= 0.6 is 11.6 Å². The zero-order chi connectivity index (χ0) is 18.6. The Kier molecular flexibility index (Phi) is 6.16. The van der Waals surface area contributed by atoms with Crippen LogP contribution in [-0.4, -0.2) is 27.5 Å². The molecule has 0 aliphatic carbocycles.